The van der Waals surface area contributed by atoms with E-state index in [0.717, 1.165) is 12.6 Å². The number of likely N-dealkylation sites (tertiary alicyclic amines) is 1. The van der Waals surface area contributed by atoms with E-state index >= 15 is 0 Å². The Morgan fingerprint density at radius 2 is 1.63 bits per heavy atom. The maximum Gasteiger partial charge on any atom is 0.391 e. The van der Waals surface area contributed by atoms with Gasteiger partial charge < -0.3 is 10.2 Å². The van der Waals surface area contributed by atoms with Gasteiger partial charge in [-0.1, -0.05) is 0 Å². The van der Waals surface area contributed by atoms with Gasteiger partial charge >= 0.3 is 6.18 Å². The molecule has 1 heterocycles. The van der Waals surface area contributed by atoms with Crippen LogP contribution in [0, 0.1) is 11.8 Å². The third-order valence-corrected chi connectivity index (χ3v) is 5.08. The maximum absolute atomic E-state index is 12.6. The topological polar surface area (TPSA) is 15.3 Å². The van der Waals surface area contributed by atoms with Crippen LogP contribution in [-0.4, -0.2) is 42.8 Å². The van der Waals surface area contributed by atoms with Crippen LogP contribution >= 0.6 is 0 Å². The molecule has 1 saturated heterocycles. The van der Waals surface area contributed by atoms with E-state index < -0.39 is 12.1 Å². The average Bonchev–Trinajstić information content (AvgIpc) is 3.11. The van der Waals surface area contributed by atoms with Gasteiger partial charge in [0.25, 0.3) is 0 Å². The normalized spacial score (nSPS) is 34.3. The fourth-order valence-corrected chi connectivity index (χ4v) is 3.43. The van der Waals surface area contributed by atoms with Crippen molar-refractivity contribution in [1.29, 1.82) is 0 Å². The first-order valence-corrected chi connectivity index (χ1v) is 7.58. The van der Waals surface area contributed by atoms with Crippen molar-refractivity contribution in [2.24, 2.45) is 11.8 Å². The van der Waals surface area contributed by atoms with Gasteiger partial charge in [0.1, 0.15) is 0 Å². The van der Waals surface area contributed by atoms with Crippen LogP contribution in [0.3, 0.4) is 0 Å². The molecule has 3 rings (SSSR count). The number of alkyl halides is 3. The summed E-state index contributed by atoms with van der Waals surface area (Å²) in [4.78, 5) is 2.31. The summed E-state index contributed by atoms with van der Waals surface area (Å²) in [5.74, 6) is -0.394. The molecule has 0 radical (unpaired) electrons. The molecule has 1 N–H and O–H groups in total. The summed E-state index contributed by atoms with van der Waals surface area (Å²) in [6.45, 7) is 2.33. The van der Waals surface area contributed by atoms with Gasteiger partial charge in [-0.3, -0.25) is 0 Å². The second kappa shape index (κ2) is 5.24. The Morgan fingerprint density at radius 3 is 2.11 bits per heavy atom. The van der Waals surface area contributed by atoms with Crippen LogP contribution in [0.4, 0.5) is 13.2 Å². The molecule has 3 fully saturated rings. The highest BCUT2D eigenvalue weighted by molar-refractivity contribution is 4.94. The molecular weight excluding hydrogens is 253 g/mol. The van der Waals surface area contributed by atoms with Crippen molar-refractivity contribution in [2.75, 3.05) is 19.6 Å². The van der Waals surface area contributed by atoms with Gasteiger partial charge in [0, 0.05) is 12.1 Å². The Morgan fingerprint density at radius 1 is 0.947 bits per heavy atom. The second-order valence-corrected chi connectivity index (χ2v) is 6.44. The van der Waals surface area contributed by atoms with Gasteiger partial charge in [-0.15, -0.1) is 0 Å². The van der Waals surface area contributed by atoms with E-state index in [2.05, 4.69) is 10.2 Å². The van der Waals surface area contributed by atoms with Crippen molar-refractivity contribution in [2.45, 2.75) is 56.8 Å². The van der Waals surface area contributed by atoms with Crippen LogP contribution in [0.25, 0.3) is 0 Å². The first-order chi connectivity index (χ1) is 9.04. The van der Waals surface area contributed by atoms with Gasteiger partial charge in [-0.2, -0.15) is 13.2 Å². The van der Waals surface area contributed by atoms with E-state index in [1.165, 1.54) is 25.7 Å². The first kappa shape index (κ1) is 13.7. The molecule has 2 saturated carbocycles. The summed E-state index contributed by atoms with van der Waals surface area (Å²) in [5, 5.41) is 3.55. The van der Waals surface area contributed by atoms with Crippen LogP contribution in [-0.2, 0) is 0 Å². The molecule has 0 bridgehead atoms. The molecule has 0 amide bonds. The van der Waals surface area contributed by atoms with E-state index in [1.54, 1.807) is 0 Å². The molecule has 2 unspecified atom stereocenters. The van der Waals surface area contributed by atoms with Crippen LogP contribution in [0.2, 0.25) is 0 Å². The van der Waals surface area contributed by atoms with Crippen molar-refractivity contribution >= 4 is 0 Å². The van der Waals surface area contributed by atoms with E-state index in [9.17, 15) is 13.2 Å². The highest BCUT2D eigenvalue weighted by Gasteiger charge is 2.44. The Hall–Kier alpha value is -0.290. The van der Waals surface area contributed by atoms with Gasteiger partial charge in [0.05, 0.1) is 5.92 Å². The zero-order chi connectivity index (χ0) is 13.5. The monoisotopic (exact) mass is 276 g/mol. The quantitative estimate of drug-likeness (QED) is 0.849. The van der Waals surface area contributed by atoms with E-state index in [4.69, 9.17) is 0 Å². The molecule has 2 aliphatic carbocycles. The number of piperidine rings is 1. The molecule has 19 heavy (non-hydrogen) atoms. The van der Waals surface area contributed by atoms with Gasteiger partial charge in [0.2, 0.25) is 0 Å². The largest absolute Gasteiger partial charge is 0.391 e. The molecule has 2 nitrogen and oxygen atoms in total. The number of halogens is 3. The number of rotatable bonds is 4. The van der Waals surface area contributed by atoms with E-state index in [0.29, 0.717) is 37.9 Å². The molecule has 0 aromatic rings. The Balaban J connectivity index is 1.43. The minimum atomic E-state index is -3.99. The summed E-state index contributed by atoms with van der Waals surface area (Å²) in [7, 11) is 0. The molecule has 0 spiro atoms. The zero-order valence-electron chi connectivity index (χ0n) is 11.3. The lowest BCUT2D eigenvalue weighted by Gasteiger charge is -2.47. The fourth-order valence-electron chi connectivity index (χ4n) is 3.43. The molecule has 5 heteroatoms. The van der Waals surface area contributed by atoms with Crippen molar-refractivity contribution in [3.05, 3.63) is 0 Å². The summed E-state index contributed by atoms with van der Waals surface area (Å²) in [6, 6.07) is 1.28. The van der Waals surface area contributed by atoms with Crippen LogP contribution in [0.15, 0.2) is 0 Å². The SMILES string of the molecule is FC(F)(F)C1CCN(C2CCC2CNC2CC2)CC1. The Bertz CT molecular complexity index is 306. The predicted molar refractivity (Wildman–Crippen MR) is 67.9 cm³/mol. The van der Waals surface area contributed by atoms with Crippen LogP contribution in [0.5, 0.6) is 0 Å². The highest BCUT2D eigenvalue weighted by Crippen LogP contribution is 2.38. The molecule has 110 valence electrons. The lowest BCUT2D eigenvalue weighted by Crippen LogP contribution is -2.53. The zero-order valence-corrected chi connectivity index (χ0v) is 11.3. The molecular formula is C14H23F3N2. The summed E-state index contributed by atoms with van der Waals surface area (Å²) in [5.41, 5.74) is 0. The van der Waals surface area contributed by atoms with E-state index in [1.807, 2.05) is 0 Å². The predicted octanol–water partition coefficient (Wildman–Crippen LogP) is 2.79. The third-order valence-electron chi connectivity index (χ3n) is 5.08. The van der Waals surface area contributed by atoms with Gasteiger partial charge in [0.15, 0.2) is 0 Å². The number of hydrogen-bond donors (Lipinski definition) is 1. The number of nitrogens with one attached hydrogen (secondary N) is 1. The van der Waals surface area contributed by atoms with Gasteiger partial charge in [-0.05, 0) is 64.1 Å². The Kier molecular flexibility index (Phi) is 3.78. The minimum absolute atomic E-state index is 0.294. The van der Waals surface area contributed by atoms with E-state index in [-0.39, 0.29) is 0 Å². The molecule has 1 aliphatic heterocycles. The van der Waals surface area contributed by atoms with Crippen molar-refractivity contribution in [3.63, 3.8) is 0 Å². The lowest BCUT2D eigenvalue weighted by atomic mass is 9.77. The average molecular weight is 276 g/mol. The molecule has 2 atom stereocenters. The Labute approximate surface area is 112 Å². The van der Waals surface area contributed by atoms with Gasteiger partial charge in [-0.25, -0.2) is 0 Å². The summed E-state index contributed by atoms with van der Waals surface area (Å²) in [6.07, 6.45) is 1.62. The smallest absolute Gasteiger partial charge is 0.314 e. The number of nitrogens with zero attached hydrogens (tertiary/aromatic N) is 1. The summed E-state index contributed by atoms with van der Waals surface area (Å²) < 4.78 is 37.9. The van der Waals surface area contributed by atoms with Crippen LogP contribution < -0.4 is 5.32 Å². The van der Waals surface area contributed by atoms with Crippen molar-refractivity contribution in [3.8, 4) is 0 Å². The molecule has 3 aliphatic rings. The second-order valence-electron chi connectivity index (χ2n) is 6.44. The first-order valence-electron chi connectivity index (χ1n) is 7.58. The van der Waals surface area contributed by atoms with Crippen LogP contribution in [0.1, 0.15) is 38.5 Å². The standard InChI is InChI=1S/C14H23F3N2/c15-14(16,17)11-5-7-19(8-6-11)13-4-1-10(13)9-18-12-2-3-12/h10-13,18H,1-9H2. The number of hydrogen-bond acceptors (Lipinski definition) is 2. The minimum Gasteiger partial charge on any atom is -0.314 e. The van der Waals surface area contributed by atoms with Crippen molar-refractivity contribution in [1.82, 2.24) is 10.2 Å². The maximum atomic E-state index is 12.6. The highest BCUT2D eigenvalue weighted by atomic mass is 19.4. The molecule has 0 aromatic heterocycles. The lowest BCUT2D eigenvalue weighted by molar-refractivity contribution is -0.187. The van der Waals surface area contributed by atoms with Crippen molar-refractivity contribution < 1.29 is 13.2 Å². The molecule has 0 aromatic carbocycles. The third kappa shape index (κ3) is 3.24. The summed E-state index contributed by atoms with van der Waals surface area (Å²) >= 11 is 0. The fraction of sp³-hybridized carbons (Fsp3) is 1.00.